The molecule has 1 atom stereocenters. The van der Waals surface area contributed by atoms with Gasteiger partial charge in [-0.1, -0.05) is 6.92 Å². The Morgan fingerprint density at radius 1 is 1.55 bits per heavy atom. The molecule has 0 saturated carbocycles. The summed E-state index contributed by atoms with van der Waals surface area (Å²) in [4.78, 5) is 28.4. The van der Waals surface area contributed by atoms with Gasteiger partial charge in [-0.05, 0) is 0 Å². The molecule has 1 rings (SSSR count). The Labute approximate surface area is 115 Å². The fraction of sp³-hybridized carbons (Fsp3) is 0.500. The monoisotopic (exact) mass is 305 g/mol. The number of carbonyl (C=O) groups is 2. The van der Waals surface area contributed by atoms with E-state index < -0.39 is 34.4 Å². The first kappa shape index (κ1) is 16.1. The van der Waals surface area contributed by atoms with Crippen molar-refractivity contribution in [3.05, 3.63) is 12.0 Å². The van der Waals surface area contributed by atoms with E-state index in [1.54, 1.807) is 6.92 Å². The maximum atomic E-state index is 11.9. The van der Waals surface area contributed by atoms with Crippen LogP contribution in [-0.2, 0) is 30.8 Å². The molecular weight excluding hydrogens is 290 g/mol. The van der Waals surface area contributed by atoms with Gasteiger partial charge in [-0.15, -0.1) is 0 Å². The molecule has 20 heavy (non-hydrogen) atoms. The minimum Gasteiger partial charge on any atom is -0.480 e. The van der Waals surface area contributed by atoms with Gasteiger partial charge in [-0.25, -0.2) is 13.4 Å². The van der Waals surface area contributed by atoms with Crippen molar-refractivity contribution in [2.75, 3.05) is 7.11 Å². The molecule has 0 amide bonds. The van der Waals surface area contributed by atoms with Crippen LogP contribution < -0.4 is 4.72 Å². The van der Waals surface area contributed by atoms with Gasteiger partial charge in [0.15, 0.2) is 5.03 Å². The van der Waals surface area contributed by atoms with Crippen LogP contribution in [-0.4, -0.2) is 48.6 Å². The van der Waals surface area contributed by atoms with Gasteiger partial charge in [-0.2, -0.15) is 4.72 Å². The SMILES string of the molecule is CCc1ncc(S(=O)(=O)N[C@@H](CC(=O)OC)C(=O)O)[nH]1. The van der Waals surface area contributed by atoms with Crippen molar-refractivity contribution in [2.24, 2.45) is 0 Å². The van der Waals surface area contributed by atoms with E-state index in [9.17, 15) is 18.0 Å². The third kappa shape index (κ3) is 4.03. The van der Waals surface area contributed by atoms with Crippen molar-refractivity contribution >= 4 is 22.0 Å². The number of carboxylic acid groups (broad SMARTS) is 1. The first-order valence-electron chi connectivity index (χ1n) is 5.66. The molecule has 0 fully saturated rings. The Bertz CT molecular complexity index is 594. The van der Waals surface area contributed by atoms with E-state index >= 15 is 0 Å². The number of hydrogen-bond acceptors (Lipinski definition) is 6. The highest BCUT2D eigenvalue weighted by Gasteiger charge is 2.29. The van der Waals surface area contributed by atoms with Crippen LogP contribution in [0.1, 0.15) is 19.2 Å². The normalized spacial score (nSPS) is 12.9. The Balaban J connectivity index is 2.91. The van der Waals surface area contributed by atoms with Crippen LogP contribution in [0, 0.1) is 0 Å². The lowest BCUT2D eigenvalue weighted by Crippen LogP contribution is -2.42. The number of aryl methyl sites for hydroxylation is 1. The van der Waals surface area contributed by atoms with Gasteiger partial charge in [-0.3, -0.25) is 9.59 Å². The summed E-state index contributed by atoms with van der Waals surface area (Å²) in [6.07, 6.45) is 0.970. The number of aromatic amines is 1. The zero-order valence-electron chi connectivity index (χ0n) is 10.9. The molecule has 10 heteroatoms. The third-order valence-corrected chi connectivity index (χ3v) is 3.80. The molecule has 0 unspecified atom stereocenters. The number of nitrogens with zero attached hydrogens (tertiary/aromatic N) is 1. The molecule has 112 valence electrons. The molecule has 1 heterocycles. The predicted molar refractivity (Wildman–Crippen MR) is 66.3 cm³/mol. The van der Waals surface area contributed by atoms with E-state index in [1.807, 2.05) is 4.72 Å². The van der Waals surface area contributed by atoms with Crippen LogP contribution in [0.3, 0.4) is 0 Å². The Kier molecular flexibility index (Phi) is 5.22. The van der Waals surface area contributed by atoms with E-state index in [4.69, 9.17) is 5.11 Å². The summed E-state index contributed by atoms with van der Waals surface area (Å²) in [5.74, 6) is -1.86. The van der Waals surface area contributed by atoms with Crippen molar-refractivity contribution in [3.63, 3.8) is 0 Å². The number of methoxy groups -OCH3 is 1. The molecule has 1 aromatic heterocycles. The van der Waals surface area contributed by atoms with E-state index in [0.717, 1.165) is 13.3 Å². The molecule has 0 aliphatic carbocycles. The minimum atomic E-state index is -4.10. The van der Waals surface area contributed by atoms with E-state index in [1.165, 1.54) is 0 Å². The van der Waals surface area contributed by atoms with Crippen LogP contribution in [0.15, 0.2) is 11.2 Å². The number of aromatic nitrogens is 2. The molecular formula is C10H15N3O6S. The number of imidazole rings is 1. The Hall–Kier alpha value is -1.94. The third-order valence-electron chi connectivity index (χ3n) is 2.42. The van der Waals surface area contributed by atoms with Gasteiger partial charge in [0.1, 0.15) is 11.9 Å². The average molecular weight is 305 g/mol. The predicted octanol–water partition coefficient (Wildman–Crippen LogP) is -0.733. The van der Waals surface area contributed by atoms with Crippen molar-refractivity contribution < 1.29 is 27.9 Å². The molecule has 0 spiro atoms. The van der Waals surface area contributed by atoms with Crippen LogP contribution in [0.5, 0.6) is 0 Å². The topological polar surface area (TPSA) is 138 Å². The van der Waals surface area contributed by atoms with Crippen LogP contribution in [0.4, 0.5) is 0 Å². The first-order valence-corrected chi connectivity index (χ1v) is 7.14. The van der Waals surface area contributed by atoms with Crippen molar-refractivity contribution in [1.82, 2.24) is 14.7 Å². The van der Waals surface area contributed by atoms with Gasteiger partial charge in [0.05, 0.1) is 19.7 Å². The summed E-state index contributed by atoms with van der Waals surface area (Å²) in [5.41, 5.74) is 0. The van der Waals surface area contributed by atoms with Gasteiger partial charge in [0, 0.05) is 6.42 Å². The molecule has 0 aliphatic heterocycles. The number of carbonyl (C=O) groups excluding carboxylic acids is 1. The number of H-pyrrole nitrogens is 1. The van der Waals surface area contributed by atoms with Crippen LogP contribution >= 0.6 is 0 Å². The van der Waals surface area contributed by atoms with Crippen LogP contribution in [0.2, 0.25) is 0 Å². The molecule has 0 saturated heterocycles. The summed E-state index contributed by atoms with van der Waals surface area (Å²) in [6, 6.07) is -1.61. The smallest absolute Gasteiger partial charge is 0.322 e. The lowest BCUT2D eigenvalue weighted by atomic mass is 10.2. The minimum absolute atomic E-state index is 0.259. The molecule has 0 radical (unpaired) electrons. The number of carboxylic acids is 1. The second-order valence-electron chi connectivity index (χ2n) is 3.84. The first-order chi connectivity index (χ1) is 9.30. The molecule has 3 N–H and O–H groups in total. The molecule has 1 aromatic rings. The zero-order valence-corrected chi connectivity index (χ0v) is 11.7. The number of sulfonamides is 1. The van der Waals surface area contributed by atoms with Crippen molar-refractivity contribution in [3.8, 4) is 0 Å². The molecule has 0 bridgehead atoms. The number of nitrogens with one attached hydrogen (secondary N) is 2. The van der Waals surface area contributed by atoms with Gasteiger partial charge < -0.3 is 14.8 Å². The highest BCUT2D eigenvalue weighted by Crippen LogP contribution is 2.08. The second kappa shape index (κ2) is 6.48. The average Bonchev–Trinajstić information content (AvgIpc) is 2.86. The fourth-order valence-electron chi connectivity index (χ4n) is 1.34. The maximum Gasteiger partial charge on any atom is 0.322 e. The Morgan fingerprint density at radius 2 is 2.20 bits per heavy atom. The maximum absolute atomic E-state index is 11.9. The summed E-state index contributed by atoms with van der Waals surface area (Å²) in [5, 5.41) is 8.66. The number of ether oxygens (including phenoxy) is 1. The van der Waals surface area contributed by atoms with Gasteiger partial charge in [0.25, 0.3) is 10.0 Å². The van der Waals surface area contributed by atoms with E-state index in [2.05, 4.69) is 14.7 Å². The highest BCUT2D eigenvalue weighted by molar-refractivity contribution is 7.89. The van der Waals surface area contributed by atoms with E-state index in [0.29, 0.717) is 12.2 Å². The number of aliphatic carboxylic acids is 1. The molecule has 0 aromatic carbocycles. The quantitative estimate of drug-likeness (QED) is 0.564. The second-order valence-corrected chi connectivity index (χ2v) is 5.52. The summed E-state index contributed by atoms with van der Waals surface area (Å²) >= 11 is 0. The molecule has 9 nitrogen and oxygen atoms in total. The van der Waals surface area contributed by atoms with Crippen molar-refractivity contribution in [1.29, 1.82) is 0 Å². The summed E-state index contributed by atoms with van der Waals surface area (Å²) < 4.78 is 30.1. The van der Waals surface area contributed by atoms with Crippen molar-refractivity contribution in [2.45, 2.75) is 30.8 Å². The standard InChI is InChI=1S/C10H15N3O6S/c1-3-7-11-5-8(12-7)20(17,18)13-6(10(15)16)4-9(14)19-2/h5-6,13H,3-4H2,1-2H3,(H,11,12)(H,15,16)/t6-/m0/s1. The summed E-state index contributed by atoms with van der Waals surface area (Å²) in [6.45, 7) is 1.78. The fourth-order valence-corrected chi connectivity index (χ4v) is 2.47. The number of hydrogen-bond donors (Lipinski definition) is 3. The number of rotatable bonds is 7. The van der Waals surface area contributed by atoms with E-state index in [-0.39, 0.29) is 5.03 Å². The highest BCUT2D eigenvalue weighted by atomic mass is 32.2. The van der Waals surface area contributed by atoms with Gasteiger partial charge in [0.2, 0.25) is 0 Å². The van der Waals surface area contributed by atoms with Gasteiger partial charge >= 0.3 is 11.9 Å². The largest absolute Gasteiger partial charge is 0.480 e. The molecule has 0 aliphatic rings. The Morgan fingerprint density at radius 3 is 2.65 bits per heavy atom. The lowest BCUT2D eigenvalue weighted by molar-refractivity contribution is -0.147. The summed E-state index contributed by atoms with van der Waals surface area (Å²) in [7, 11) is -3.02. The zero-order chi connectivity index (χ0) is 15.3. The number of esters is 1. The van der Waals surface area contributed by atoms with Crippen LogP contribution in [0.25, 0.3) is 0 Å². The lowest BCUT2D eigenvalue weighted by Gasteiger charge is -2.12.